The number of hydrogen-bond donors (Lipinski definition) is 0. The van der Waals surface area contributed by atoms with Crippen LogP contribution in [0.5, 0.6) is 0 Å². The van der Waals surface area contributed by atoms with E-state index in [0.717, 1.165) is 0 Å². The zero-order chi connectivity index (χ0) is 22.0. The highest BCUT2D eigenvalue weighted by atomic mass is 31.2. The molecule has 0 N–H and O–H groups in total. The van der Waals surface area contributed by atoms with Crippen molar-refractivity contribution >= 4 is 28.6 Å². The Kier molecular flexibility index (Phi) is 5.79. The molecule has 4 aromatic rings. The molecule has 0 radical (unpaired) electrons. The van der Waals surface area contributed by atoms with E-state index in [1.165, 1.54) is 0 Å². The van der Waals surface area contributed by atoms with Crippen LogP contribution in [0.15, 0.2) is 91.0 Å². The van der Waals surface area contributed by atoms with E-state index in [-0.39, 0.29) is 0 Å². The van der Waals surface area contributed by atoms with Crippen LogP contribution in [0.25, 0.3) is 0 Å². The standard InChI is InChI=1S/C25H16F5P/c26-20-21(27)23(29)25(24(30)22(20)28)31(18-12-6-2-7-13-18,19-14-8-3-9-15-19)16-17-10-4-1-5-11-17/h1-16H. The van der Waals surface area contributed by atoms with Crippen molar-refractivity contribution in [1.29, 1.82) is 0 Å². The van der Waals surface area contributed by atoms with E-state index in [9.17, 15) is 13.2 Å². The second-order valence-corrected chi connectivity index (χ2v) is 10.0. The molecule has 0 saturated carbocycles. The summed E-state index contributed by atoms with van der Waals surface area (Å²) in [5, 5.41) is 0.117. The van der Waals surface area contributed by atoms with E-state index < -0.39 is 41.3 Å². The van der Waals surface area contributed by atoms with Crippen LogP contribution in [-0.4, -0.2) is 5.80 Å². The van der Waals surface area contributed by atoms with Gasteiger partial charge >= 0.3 is 0 Å². The zero-order valence-corrected chi connectivity index (χ0v) is 17.0. The first-order chi connectivity index (χ1) is 15.0. The Balaban J connectivity index is 2.27. The SMILES string of the molecule is Fc1c(F)c(F)c(P(=Cc2ccccc2)(c2ccccc2)c2ccccc2)c(F)c1F. The molecule has 6 heteroatoms. The minimum absolute atomic E-state index is 0.466. The zero-order valence-electron chi connectivity index (χ0n) is 16.1. The van der Waals surface area contributed by atoms with Gasteiger partial charge in [0.25, 0.3) is 0 Å². The molecule has 0 atom stereocenters. The van der Waals surface area contributed by atoms with Gasteiger partial charge in [0.2, 0.25) is 5.82 Å². The lowest BCUT2D eigenvalue weighted by molar-refractivity contribution is 0.384. The van der Waals surface area contributed by atoms with E-state index in [2.05, 4.69) is 0 Å². The molecule has 0 aliphatic heterocycles. The Bertz CT molecular complexity index is 1200. The molecule has 0 spiro atoms. The van der Waals surface area contributed by atoms with Crippen molar-refractivity contribution in [3.8, 4) is 0 Å². The molecule has 0 heterocycles. The van der Waals surface area contributed by atoms with Crippen LogP contribution in [0.1, 0.15) is 5.56 Å². The van der Waals surface area contributed by atoms with Crippen molar-refractivity contribution < 1.29 is 22.0 Å². The first-order valence-corrected chi connectivity index (χ1v) is 11.3. The number of rotatable bonds is 4. The lowest BCUT2D eigenvalue weighted by Crippen LogP contribution is -2.33. The fourth-order valence-electron chi connectivity index (χ4n) is 3.61. The number of halogens is 5. The van der Waals surface area contributed by atoms with Gasteiger partial charge in [0.15, 0.2) is 23.3 Å². The third-order valence-electron chi connectivity index (χ3n) is 5.01. The molecule has 0 saturated heterocycles. The topological polar surface area (TPSA) is 0 Å². The van der Waals surface area contributed by atoms with E-state index in [4.69, 9.17) is 0 Å². The highest BCUT2D eigenvalue weighted by Gasteiger charge is 2.36. The van der Waals surface area contributed by atoms with Gasteiger partial charge in [0.1, 0.15) is 0 Å². The lowest BCUT2D eigenvalue weighted by atomic mass is 10.2. The van der Waals surface area contributed by atoms with Crippen LogP contribution in [0.3, 0.4) is 0 Å². The normalized spacial score (nSPS) is 11.4. The molecule has 31 heavy (non-hydrogen) atoms. The van der Waals surface area contributed by atoms with Crippen molar-refractivity contribution in [2.24, 2.45) is 0 Å². The maximum atomic E-state index is 15.3. The van der Waals surface area contributed by atoms with Crippen LogP contribution in [0, 0.1) is 29.1 Å². The van der Waals surface area contributed by atoms with Gasteiger partial charge in [0, 0.05) is 0 Å². The predicted molar refractivity (Wildman–Crippen MR) is 117 cm³/mol. The molecular weight excluding hydrogens is 426 g/mol. The number of benzene rings is 4. The molecule has 0 bridgehead atoms. The van der Waals surface area contributed by atoms with Crippen LogP contribution in [0.2, 0.25) is 0 Å². The molecule has 0 nitrogen and oxygen atoms in total. The van der Waals surface area contributed by atoms with Gasteiger partial charge in [0.05, 0.1) is 5.30 Å². The van der Waals surface area contributed by atoms with E-state index in [1.54, 1.807) is 96.8 Å². The Morgan fingerprint density at radius 2 is 0.806 bits per heavy atom. The molecule has 156 valence electrons. The molecule has 0 fully saturated rings. The summed E-state index contributed by atoms with van der Waals surface area (Å²) in [4.78, 5) is 0. The smallest absolute Gasteiger partial charge is 0.200 e. The van der Waals surface area contributed by atoms with Gasteiger partial charge in [-0.3, -0.25) is 0 Å². The minimum atomic E-state index is -3.45. The van der Waals surface area contributed by atoms with Crippen molar-refractivity contribution in [1.82, 2.24) is 0 Å². The van der Waals surface area contributed by atoms with Crippen LogP contribution < -0.4 is 15.9 Å². The molecular formula is C25H16F5P. The monoisotopic (exact) mass is 442 g/mol. The van der Waals surface area contributed by atoms with Crippen molar-refractivity contribution in [3.05, 3.63) is 126 Å². The molecule has 0 aromatic heterocycles. The summed E-state index contributed by atoms with van der Waals surface area (Å²) in [5.74, 6) is -8.07. The van der Waals surface area contributed by atoms with Crippen molar-refractivity contribution in [2.45, 2.75) is 0 Å². The van der Waals surface area contributed by atoms with Gasteiger partial charge in [-0.05, 0) is 28.9 Å². The van der Waals surface area contributed by atoms with Gasteiger partial charge in [-0.2, -0.15) is 0 Å². The average Bonchev–Trinajstić information content (AvgIpc) is 2.82. The Hall–Kier alpha value is -3.17. The van der Waals surface area contributed by atoms with E-state index in [0.29, 0.717) is 16.2 Å². The third-order valence-corrected chi connectivity index (χ3v) is 9.02. The Labute approximate surface area is 176 Å². The quantitative estimate of drug-likeness (QED) is 0.169. The van der Waals surface area contributed by atoms with Crippen LogP contribution >= 0.6 is 6.89 Å². The summed E-state index contributed by atoms with van der Waals surface area (Å²) >= 11 is 0. The van der Waals surface area contributed by atoms with Gasteiger partial charge in [-0.25, -0.2) is 22.0 Å². The second kappa shape index (κ2) is 8.52. The first kappa shape index (κ1) is 21.1. The largest absolute Gasteiger partial charge is 0.203 e. The molecule has 0 aliphatic rings. The Morgan fingerprint density at radius 1 is 0.452 bits per heavy atom. The van der Waals surface area contributed by atoms with Crippen molar-refractivity contribution in [3.63, 3.8) is 0 Å². The summed E-state index contributed by atoms with van der Waals surface area (Å²) in [6.45, 7) is -3.45. The Morgan fingerprint density at radius 3 is 1.23 bits per heavy atom. The highest BCUT2D eigenvalue weighted by molar-refractivity contribution is 7.94. The summed E-state index contributed by atoms with van der Waals surface area (Å²) in [7, 11) is 0. The summed E-state index contributed by atoms with van der Waals surface area (Å²) in [6.07, 6.45) is 0. The van der Waals surface area contributed by atoms with Crippen LogP contribution in [0.4, 0.5) is 22.0 Å². The maximum Gasteiger partial charge on any atom is 0.200 e. The number of hydrogen-bond acceptors (Lipinski definition) is 0. The van der Waals surface area contributed by atoms with Crippen LogP contribution in [-0.2, 0) is 0 Å². The summed E-state index contributed by atoms with van der Waals surface area (Å²) in [5.41, 5.74) is 0.604. The second-order valence-electron chi connectivity index (χ2n) is 6.85. The maximum absolute atomic E-state index is 15.3. The fraction of sp³-hybridized carbons (Fsp3) is 0. The highest BCUT2D eigenvalue weighted by Crippen LogP contribution is 2.46. The summed E-state index contributed by atoms with van der Waals surface area (Å²) < 4.78 is 73.1. The summed E-state index contributed by atoms with van der Waals surface area (Å²) in [6, 6.07) is 25.5. The van der Waals surface area contributed by atoms with Gasteiger partial charge < -0.3 is 0 Å². The lowest BCUT2D eigenvalue weighted by Gasteiger charge is -2.29. The van der Waals surface area contributed by atoms with E-state index >= 15 is 8.78 Å². The molecule has 0 aliphatic carbocycles. The third kappa shape index (κ3) is 3.60. The fourth-order valence-corrected chi connectivity index (χ4v) is 7.57. The van der Waals surface area contributed by atoms with Gasteiger partial charge in [-0.15, -0.1) is 0 Å². The molecule has 4 rings (SSSR count). The molecule has 4 aromatic carbocycles. The van der Waals surface area contributed by atoms with E-state index in [1.807, 2.05) is 0 Å². The molecule has 0 amide bonds. The minimum Gasteiger partial charge on any atom is -0.203 e. The average molecular weight is 442 g/mol. The van der Waals surface area contributed by atoms with Gasteiger partial charge in [-0.1, -0.05) is 91.0 Å². The first-order valence-electron chi connectivity index (χ1n) is 9.39. The molecule has 0 unspecified atom stereocenters. The predicted octanol–water partition coefficient (Wildman–Crippen LogP) is 5.53. The van der Waals surface area contributed by atoms with Crippen molar-refractivity contribution in [2.75, 3.05) is 0 Å².